The molecule has 1 amide bonds. The summed E-state index contributed by atoms with van der Waals surface area (Å²) in [5, 5.41) is 0. The fraction of sp³-hybridized carbons (Fsp3) is 0.421. The zero-order valence-corrected chi connectivity index (χ0v) is 15.2. The highest BCUT2D eigenvalue weighted by atomic mass is 16.2. The maximum Gasteiger partial charge on any atom is 0.264 e. The van der Waals surface area contributed by atoms with Gasteiger partial charge in [-0.05, 0) is 44.9 Å². The average Bonchev–Trinajstić information content (AvgIpc) is 2.56. The molecule has 6 heteroatoms. The van der Waals surface area contributed by atoms with E-state index >= 15 is 0 Å². The largest absolute Gasteiger partial charge is 0.368 e. The molecule has 0 radical (unpaired) electrons. The molecule has 0 bridgehead atoms. The topological polar surface area (TPSA) is 69.3 Å². The number of nitrogens with zero attached hydrogens (tertiary/aromatic N) is 3. The second kappa shape index (κ2) is 6.70. The third-order valence-electron chi connectivity index (χ3n) is 4.92. The van der Waals surface area contributed by atoms with Crippen LogP contribution in [0.25, 0.3) is 0 Å². The van der Waals surface area contributed by atoms with Gasteiger partial charge in [-0.3, -0.25) is 9.59 Å². The van der Waals surface area contributed by atoms with Gasteiger partial charge in [-0.1, -0.05) is 12.1 Å². The summed E-state index contributed by atoms with van der Waals surface area (Å²) in [5.74, 6) is 0.297. The van der Waals surface area contributed by atoms with Gasteiger partial charge in [0.05, 0.1) is 5.69 Å². The Morgan fingerprint density at radius 2 is 1.76 bits per heavy atom. The summed E-state index contributed by atoms with van der Waals surface area (Å²) in [5.41, 5.74) is 4.06. The predicted octanol–water partition coefficient (Wildman–Crippen LogP) is 1.97. The molecule has 0 spiro atoms. The summed E-state index contributed by atoms with van der Waals surface area (Å²) in [4.78, 5) is 35.8. The van der Waals surface area contributed by atoms with E-state index in [0.29, 0.717) is 24.6 Å². The van der Waals surface area contributed by atoms with Crippen LogP contribution in [0.3, 0.4) is 0 Å². The van der Waals surface area contributed by atoms with Crippen molar-refractivity contribution in [3.05, 3.63) is 56.8 Å². The summed E-state index contributed by atoms with van der Waals surface area (Å²) in [6.07, 6.45) is 0. The van der Waals surface area contributed by atoms with Gasteiger partial charge >= 0.3 is 0 Å². The Morgan fingerprint density at radius 3 is 2.40 bits per heavy atom. The Kier molecular flexibility index (Phi) is 4.61. The molecule has 2 aromatic rings. The lowest BCUT2D eigenvalue weighted by molar-refractivity contribution is 0.0743. The lowest BCUT2D eigenvalue weighted by Gasteiger charge is -2.37. The van der Waals surface area contributed by atoms with Crippen molar-refractivity contribution in [1.29, 1.82) is 0 Å². The second-order valence-electron chi connectivity index (χ2n) is 6.61. The van der Waals surface area contributed by atoms with E-state index in [9.17, 15) is 9.59 Å². The van der Waals surface area contributed by atoms with E-state index < -0.39 is 0 Å². The molecule has 1 N–H and O–H groups in total. The zero-order valence-electron chi connectivity index (χ0n) is 15.2. The second-order valence-corrected chi connectivity index (χ2v) is 6.61. The van der Waals surface area contributed by atoms with Gasteiger partial charge in [0.15, 0.2) is 0 Å². The average molecular weight is 340 g/mol. The van der Waals surface area contributed by atoms with E-state index in [0.717, 1.165) is 13.1 Å². The van der Waals surface area contributed by atoms with Crippen LogP contribution in [0.4, 0.5) is 5.69 Å². The minimum Gasteiger partial charge on any atom is -0.368 e. The smallest absolute Gasteiger partial charge is 0.264 e. The minimum absolute atomic E-state index is 0.158. The number of aromatic amines is 1. The standard InChI is InChI=1S/C19H24N4O2/c1-12-6-5-7-16(13(12)2)22-8-10-23(11-9-22)19(25)17-14(3)20-15(4)21-18(17)24/h5-7H,8-11H2,1-4H3,(H,20,21,24). The van der Waals surface area contributed by atoms with Gasteiger partial charge in [0, 0.05) is 31.9 Å². The number of hydrogen-bond acceptors (Lipinski definition) is 4. The quantitative estimate of drug-likeness (QED) is 0.907. The van der Waals surface area contributed by atoms with Crippen molar-refractivity contribution in [2.75, 3.05) is 31.1 Å². The Hall–Kier alpha value is -2.63. The molecule has 1 saturated heterocycles. The van der Waals surface area contributed by atoms with E-state index in [-0.39, 0.29) is 17.0 Å². The molecule has 1 aliphatic heterocycles. The molecule has 3 rings (SSSR count). The molecule has 2 heterocycles. The number of piperazine rings is 1. The SMILES string of the molecule is Cc1nc(C)c(C(=O)N2CCN(c3cccc(C)c3C)CC2)c(=O)[nH]1. The first-order chi connectivity index (χ1) is 11.9. The van der Waals surface area contributed by atoms with Crippen molar-refractivity contribution >= 4 is 11.6 Å². The van der Waals surface area contributed by atoms with Gasteiger partial charge in [-0.15, -0.1) is 0 Å². The van der Waals surface area contributed by atoms with Crippen LogP contribution < -0.4 is 10.5 Å². The van der Waals surface area contributed by atoms with Crippen molar-refractivity contribution in [1.82, 2.24) is 14.9 Å². The number of hydrogen-bond donors (Lipinski definition) is 1. The highest BCUT2D eigenvalue weighted by Gasteiger charge is 2.26. The van der Waals surface area contributed by atoms with Gasteiger partial charge in [0.1, 0.15) is 11.4 Å². The van der Waals surface area contributed by atoms with Gasteiger partial charge < -0.3 is 14.8 Å². The Balaban J connectivity index is 1.76. The number of carbonyl (C=O) groups is 1. The molecule has 1 aromatic carbocycles. The number of carbonyl (C=O) groups excluding carboxylic acids is 1. The summed E-state index contributed by atoms with van der Waals surface area (Å²) in [7, 11) is 0. The summed E-state index contributed by atoms with van der Waals surface area (Å²) < 4.78 is 0. The number of amides is 1. The number of anilines is 1. The molecule has 1 aromatic heterocycles. The van der Waals surface area contributed by atoms with E-state index in [2.05, 4.69) is 46.9 Å². The number of aromatic nitrogens is 2. The molecular weight excluding hydrogens is 316 g/mol. The van der Waals surface area contributed by atoms with Crippen molar-refractivity contribution in [3.63, 3.8) is 0 Å². The Bertz CT molecular complexity index is 864. The van der Waals surface area contributed by atoms with Crippen molar-refractivity contribution in [2.24, 2.45) is 0 Å². The fourth-order valence-electron chi connectivity index (χ4n) is 3.37. The fourth-order valence-corrected chi connectivity index (χ4v) is 3.37. The van der Waals surface area contributed by atoms with Crippen LogP contribution in [-0.4, -0.2) is 47.0 Å². The van der Waals surface area contributed by atoms with Crippen LogP contribution in [0.5, 0.6) is 0 Å². The van der Waals surface area contributed by atoms with E-state index in [4.69, 9.17) is 0 Å². The van der Waals surface area contributed by atoms with Gasteiger partial charge in [-0.25, -0.2) is 4.98 Å². The van der Waals surface area contributed by atoms with Crippen LogP contribution in [-0.2, 0) is 0 Å². The lowest BCUT2D eigenvalue weighted by Crippen LogP contribution is -2.50. The Labute approximate surface area is 147 Å². The van der Waals surface area contributed by atoms with Crippen molar-refractivity contribution < 1.29 is 4.79 Å². The van der Waals surface area contributed by atoms with Gasteiger partial charge in [0.2, 0.25) is 0 Å². The normalized spacial score (nSPS) is 14.7. The molecule has 1 aliphatic rings. The van der Waals surface area contributed by atoms with Crippen LogP contribution in [0.1, 0.15) is 33.0 Å². The minimum atomic E-state index is -0.355. The first-order valence-electron chi connectivity index (χ1n) is 8.56. The highest BCUT2D eigenvalue weighted by molar-refractivity contribution is 5.95. The predicted molar refractivity (Wildman–Crippen MR) is 98.4 cm³/mol. The first-order valence-corrected chi connectivity index (χ1v) is 8.56. The molecule has 0 unspecified atom stereocenters. The third kappa shape index (κ3) is 3.29. The Morgan fingerprint density at radius 1 is 1.08 bits per heavy atom. The summed E-state index contributed by atoms with van der Waals surface area (Å²) in [6, 6.07) is 6.30. The number of rotatable bonds is 2. The maximum atomic E-state index is 12.8. The highest BCUT2D eigenvalue weighted by Crippen LogP contribution is 2.24. The van der Waals surface area contributed by atoms with Crippen molar-refractivity contribution in [3.8, 4) is 0 Å². The van der Waals surface area contributed by atoms with E-state index in [1.165, 1.54) is 16.8 Å². The van der Waals surface area contributed by atoms with Crippen LogP contribution in [0.2, 0.25) is 0 Å². The maximum absolute atomic E-state index is 12.8. The number of benzene rings is 1. The molecule has 25 heavy (non-hydrogen) atoms. The van der Waals surface area contributed by atoms with Crippen molar-refractivity contribution in [2.45, 2.75) is 27.7 Å². The zero-order chi connectivity index (χ0) is 18.1. The van der Waals surface area contributed by atoms with Crippen LogP contribution >= 0.6 is 0 Å². The monoisotopic (exact) mass is 340 g/mol. The summed E-state index contributed by atoms with van der Waals surface area (Å²) >= 11 is 0. The first kappa shape index (κ1) is 17.2. The molecule has 132 valence electrons. The van der Waals surface area contributed by atoms with Crippen LogP contribution in [0, 0.1) is 27.7 Å². The van der Waals surface area contributed by atoms with E-state index in [1.807, 2.05) is 0 Å². The van der Waals surface area contributed by atoms with E-state index in [1.54, 1.807) is 18.7 Å². The molecule has 0 atom stereocenters. The third-order valence-corrected chi connectivity index (χ3v) is 4.92. The van der Waals surface area contributed by atoms with Gasteiger partial charge in [0.25, 0.3) is 11.5 Å². The van der Waals surface area contributed by atoms with Gasteiger partial charge in [-0.2, -0.15) is 0 Å². The number of nitrogens with one attached hydrogen (secondary N) is 1. The molecule has 6 nitrogen and oxygen atoms in total. The number of aryl methyl sites for hydroxylation is 3. The lowest BCUT2D eigenvalue weighted by atomic mass is 10.1. The number of H-pyrrole nitrogens is 1. The molecule has 0 aliphatic carbocycles. The molecule has 0 saturated carbocycles. The van der Waals surface area contributed by atoms with Crippen LogP contribution in [0.15, 0.2) is 23.0 Å². The molecular formula is C19H24N4O2. The molecule has 1 fully saturated rings. The summed E-state index contributed by atoms with van der Waals surface area (Å²) in [6.45, 7) is 10.4.